The van der Waals surface area contributed by atoms with Gasteiger partial charge in [-0.25, -0.2) is 0 Å². The fourth-order valence-corrected chi connectivity index (χ4v) is 3.92. The quantitative estimate of drug-likeness (QED) is 0.754. The second-order valence-electron chi connectivity index (χ2n) is 6.48. The van der Waals surface area contributed by atoms with Crippen LogP contribution in [0, 0.1) is 0 Å². The fraction of sp³-hybridized carbons (Fsp3) is 0.625. The Morgan fingerprint density at radius 1 is 1.43 bits per heavy atom. The summed E-state index contributed by atoms with van der Waals surface area (Å²) in [5.41, 5.74) is 2.31. The maximum Gasteiger partial charge on any atom is 0.127 e. The lowest BCUT2D eigenvalue weighted by Gasteiger charge is -2.42. The summed E-state index contributed by atoms with van der Waals surface area (Å²) >= 11 is 9.79. The molecule has 0 spiro atoms. The Kier molecular flexibility index (Phi) is 4.51. The summed E-state index contributed by atoms with van der Waals surface area (Å²) in [6.07, 6.45) is 1.18. The topological polar surface area (TPSA) is 21.7 Å². The molecule has 1 unspecified atom stereocenters. The average molecular weight is 375 g/mol. The van der Waals surface area contributed by atoms with E-state index in [9.17, 15) is 0 Å². The maximum absolute atomic E-state index is 6.25. The summed E-state index contributed by atoms with van der Waals surface area (Å²) in [5, 5.41) is 1.66. The van der Waals surface area contributed by atoms with Crippen molar-refractivity contribution >= 4 is 27.5 Å². The van der Waals surface area contributed by atoms with Crippen molar-refractivity contribution in [2.24, 2.45) is 0 Å². The number of ether oxygens (including phenoxy) is 2. The zero-order valence-electron chi connectivity index (χ0n) is 12.5. The molecule has 0 N–H and O–H groups in total. The van der Waals surface area contributed by atoms with E-state index in [1.165, 1.54) is 11.1 Å². The van der Waals surface area contributed by atoms with Gasteiger partial charge in [0.1, 0.15) is 5.75 Å². The molecule has 0 radical (unpaired) electrons. The van der Waals surface area contributed by atoms with Gasteiger partial charge in [0, 0.05) is 42.0 Å². The normalized spacial score (nSPS) is 24.7. The molecule has 21 heavy (non-hydrogen) atoms. The van der Waals surface area contributed by atoms with E-state index >= 15 is 0 Å². The summed E-state index contributed by atoms with van der Waals surface area (Å²) < 4.78 is 11.9. The van der Waals surface area contributed by atoms with Gasteiger partial charge in [0.2, 0.25) is 0 Å². The first-order chi connectivity index (χ1) is 9.97. The first-order valence-electron chi connectivity index (χ1n) is 7.37. The number of rotatable bonds is 3. The Morgan fingerprint density at radius 3 is 3.00 bits per heavy atom. The zero-order chi connectivity index (χ0) is 15.0. The van der Waals surface area contributed by atoms with Crippen LogP contribution >= 0.6 is 27.5 Å². The van der Waals surface area contributed by atoms with Crippen molar-refractivity contribution in [2.75, 3.05) is 25.0 Å². The maximum atomic E-state index is 6.25. The molecule has 1 aromatic rings. The Balaban J connectivity index is 1.80. The molecule has 0 aromatic heterocycles. The Labute approximate surface area is 139 Å². The molecule has 5 heteroatoms. The molecule has 0 amide bonds. The lowest BCUT2D eigenvalue weighted by molar-refractivity contribution is -0.128. The number of hydrogen-bond acceptors (Lipinski definition) is 3. The number of benzene rings is 1. The van der Waals surface area contributed by atoms with Crippen molar-refractivity contribution in [1.82, 2.24) is 4.90 Å². The predicted molar refractivity (Wildman–Crippen MR) is 88.7 cm³/mol. The van der Waals surface area contributed by atoms with Gasteiger partial charge in [-0.2, -0.15) is 0 Å². The standard InChI is InChI=1S/C16H21BrClNO2/c1-16(2)10-19(9-14(7-17)21-16)8-12-6-13(18)5-11-3-4-20-15(11)12/h5-6,14H,3-4,7-10H2,1-2H3. The summed E-state index contributed by atoms with van der Waals surface area (Å²) in [6, 6.07) is 4.06. The smallest absolute Gasteiger partial charge is 0.127 e. The van der Waals surface area contributed by atoms with E-state index in [1.807, 2.05) is 12.1 Å². The van der Waals surface area contributed by atoms with Gasteiger partial charge in [0.15, 0.2) is 0 Å². The SMILES string of the molecule is CC1(C)CN(Cc2cc(Cl)cc3c2OCC3)CC(CBr)O1. The van der Waals surface area contributed by atoms with Crippen LogP contribution in [0.25, 0.3) is 0 Å². The second kappa shape index (κ2) is 6.07. The van der Waals surface area contributed by atoms with Crippen molar-refractivity contribution in [1.29, 1.82) is 0 Å². The number of alkyl halides is 1. The molecular weight excluding hydrogens is 354 g/mol. The Hall–Kier alpha value is -0.290. The number of fused-ring (bicyclic) bond motifs is 1. The van der Waals surface area contributed by atoms with Gasteiger partial charge in [-0.3, -0.25) is 4.90 Å². The lowest BCUT2D eigenvalue weighted by atomic mass is 10.0. The van der Waals surface area contributed by atoms with Crippen molar-refractivity contribution in [3.63, 3.8) is 0 Å². The van der Waals surface area contributed by atoms with E-state index in [4.69, 9.17) is 21.1 Å². The number of hydrogen-bond donors (Lipinski definition) is 0. The molecule has 2 aliphatic heterocycles. The van der Waals surface area contributed by atoms with Crippen LogP contribution in [0.4, 0.5) is 0 Å². The van der Waals surface area contributed by atoms with Crippen LogP contribution in [-0.4, -0.2) is 41.6 Å². The second-order valence-corrected chi connectivity index (χ2v) is 7.56. The van der Waals surface area contributed by atoms with E-state index in [1.54, 1.807) is 0 Å². The Morgan fingerprint density at radius 2 is 2.24 bits per heavy atom. The summed E-state index contributed by atoms with van der Waals surface area (Å²) in [6.45, 7) is 7.76. The highest BCUT2D eigenvalue weighted by molar-refractivity contribution is 9.09. The third kappa shape index (κ3) is 3.55. The molecule has 1 fully saturated rings. The molecule has 0 saturated carbocycles. The number of halogens is 2. The molecule has 1 aromatic carbocycles. The minimum atomic E-state index is -0.126. The monoisotopic (exact) mass is 373 g/mol. The molecule has 2 heterocycles. The molecular formula is C16H21BrClNO2. The van der Waals surface area contributed by atoms with Crippen LogP contribution in [0.3, 0.4) is 0 Å². The Bertz CT molecular complexity index is 535. The number of morpholine rings is 1. The van der Waals surface area contributed by atoms with Crippen molar-refractivity contribution in [2.45, 2.75) is 38.5 Å². The zero-order valence-corrected chi connectivity index (χ0v) is 14.8. The van der Waals surface area contributed by atoms with Crippen LogP contribution in [0.2, 0.25) is 5.02 Å². The van der Waals surface area contributed by atoms with Crippen LogP contribution in [0.1, 0.15) is 25.0 Å². The van der Waals surface area contributed by atoms with E-state index in [0.717, 1.165) is 48.8 Å². The van der Waals surface area contributed by atoms with Gasteiger partial charge in [0.05, 0.1) is 18.3 Å². The first kappa shape index (κ1) is 15.6. The van der Waals surface area contributed by atoms with Gasteiger partial charge in [-0.15, -0.1) is 0 Å². The summed E-state index contributed by atoms with van der Waals surface area (Å²) in [4.78, 5) is 2.43. The minimum Gasteiger partial charge on any atom is -0.493 e. The van der Waals surface area contributed by atoms with E-state index < -0.39 is 0 Å². The highest BCUT2D eigenvalue weighted by atomic mass is 79.9. The minimum absolute atomic E-state index is 0.126. The first-order valence-corrected chi connectivity index (χ1v) is 8.87. The summed E-state index contributed by atoms with van der Waals surface area (Å²) in [7, 11) is 0. The van der Waals surface area contributed by atoms with Gasteiger partial charge < -0.3 is 9.47 Å². The average Bonchev–Trinajstić information content (AvgIpc) is 2.84. The predicted octanol–water partition coefficient (Wildman–Crippen LogP) is 3.65. The van der Waals surface area contributed by atoms with Gasteiger partial charge in [0.25, 0.3) is 0 Å². The third-order valence-corrected chi connectivity index (χ3v) is 4.88. The van der Waals surface area contributed by atoms with Gasteiger partial charge in [-0.1, -0.05) is 27.5 Å². The van der Waals surface area contributed by atoms with E-state index in [-0.39, 0.29) is 11.7 Å². The fourth-order valence-electron chi connectivity index (χ4n) is 3.32. The molecule has 2 aliphatic rings. The third-order valence-electron chi connectivity index (χ3n) is 3.94. The van der Waals surface area contributed by atoms with Crippen LogP contribution in [-0.2, 0) is 17.7 Å². The van der Waals surface area contributed by atoms with Gasteiger partial charge >= 0.3 is 0 Å². The van der Waals surface area contributed by atoms with Crippen molar-refractivity contribution in [3.05, 3.63) is 28.3 Å². The van der Waals surface area contributed by atoms with Crippen LogP contribution in [0.15, 0.2) is 12.1 Å². The molecule has 116 valence electrons. The molecule has 0 bridgehead atoms. The lowest BCUT2D eigenvalue weighted by Crippen LogP contribution is -2.52. The van der Waals surface area contributed by atoms with Crippen molar-refractivity contribution < 1.29 is 9.47 Å². The number of nitrogens with zero attached hydrogens (tertiary/aromatic N) is 1. The molecule has 1 saturated heterocycles. The van der Waals surface area contributed by atoms with Crippen molar-refractivity contribution in [3.8, 4) is 5.75 Å². The molecule has 1 atom stereocenters. The molecule has 3 rings (SSSR count). The van der Waals surface area contributed by atoms with E-state index in [0.29, 0.717) is 0 Å². The summed E-state index contributed by atoms with van der Waals surface area (Å²) in [5.74, 6) is 1.04. The van der Waals surface area contributed by atoms with Crippen LogP contribution in [0.5, 0.6) is 5.75 Å². The van der Waals surface area contributed by atoms with Crippen LogP contribution < -0.4 is 4.74 Å². The largest absolute Gasteiger partial charge is 0.493 e. The molecule has 3 nitrogen and oxygen atoms in total. The molecule has 0 aliphatic carbocycles. The highest BCUT2D eigenvalue weighted by Crippen LogP contribution is 2.34. The van der Waals surface area contributed by atoms with E-state index in [2.05, 4.69) is 34.7 Å². The van der Waals surface area contributed by atoms with Gasteiger partial charge in [-0.05, 0) is 31.5 Å². The highest BCUT2D eigenvalue weighted by Gasteiger charge is 2.33.